The molecule has 0 saturated heterocycles. The highest BCUT2D eigenvalue weighted by Gasteiger charge is 2.20. The number of ether oxygens (including phenoxy) is 2. The van der Waals surface area contributed by atoms with Crippen molar-refractivity contribution < 1.29 is 27.5 Å². The molecule has 0 bridgehead atoms. The average Bonchev–Trinajstić information content (AvgIpc) is 3.32. The molecule has 1 amide bonds. The second kappa shape index (κ2) is 11.5. The Labute approximate surface area is 222 Å². The van der Waals surface area contributed by atoms with Gasteiger partial charge in [0.25, 0.3) is 15.9 Å². The molecule has 0 unspecified atom stereocenters. The zero-order valence-electron chi connectivity index (χ0n) is 19.4. The Balaban J connectivity index is 1.33. The number of para-hydroxylation sites is 1. The summed E-state index contributed by atoms with van der Waals surface area (Å²) in [4.78, 5) is 25.1. The fraction of sp³-hybridized carbons (Fsp3) is 0.0769. The maximum absolute atomic E-state index is 12.6. The zero-order chi connectivity index (χ0) is 26.4. The summed E-state index contributed by atoms with van der Waals surface area (Å²) in [5.41, 5.74) is 0.884. The van der Waals surface area contributed by atoms with Crippen molar-refractivity contribution in [2.75, 3.05) is 10.0 Å². The van der Waals surface area contributed by atoms with Gasteiger partial charge in [-0.15, -0.1) is 11.3 Å². The van der Waals surface area contributed by atoms with Crippen LogP contribution in [0, 0.1) is 0 Å². The Morgan fingerprint density at radius 2 is 1.57 bits per heavy atom. The molecule has 0 aliphatic carbocycles. The van der Waals surface area contributed by atoms with Crippen LogP contribution in [0.1, 0.15) is 17.3 Å². The van der Waals surface area contributed by atoms with E-state index in [2.05, 4.69) is 10.0 Å². The number of benzene rings is 3. The Morgan fingerprint density at radius 3 is 2.24 bits per heavy atom. The normalized spacial score (nSPS) is 11.8. The van der Waals surface area contributed by atoms with Crippen molar-refractivity contribution in [2.45, 2.75) is 17.2 Å². The molecule has 1 aromatic heterocycles. The number of hydrogen-bond donors (Lipinski definition) is 2. The van der Waals surface area contributed by atoms with Crippen LogP contribution in [0.3, 0.4) is 0 Å². The second-order valence-electron chi connectivity index (χ2n) is 7.72. The third kappa shape index (κ3) is 7.10. The van der Waals surface area contributed by atoms with E-state index in [1.54, 1.807) is 24.3 Å². The van der Waals surface area contributed by atoms with Gasteiger partial charge >= 0.3 is 5.97 Å². The molecule has 0 aliphatic heterocycles. The molecule has 190 valence electrons. The summed E-state index contributed by atoms with van der Waals surface area (Å²) in [6.45, 7) is 1.45. The van der Waals surface area contributed by atoms with Gasteiger partial charge in [0.1, 0.15) is 15.7 Å². The number of carbonyl (C=O) groups excluding carboxylic acids is 2. The van der Waals surface area contributed by atoms with Gasteiger partial charge < -0.3 is 14.8 Å². The third-order valence-corrected chi connectivity index (χ3v) is 8.02. The summed E-state index contributed by atoms with van der Waals surface area (Å²) in [5, 5.41) is 2.70. The molecule has 11 heteroatoms. The van der Waals surface area contributed by atoms with Gasteiger partial charge in [-0.05, 0) is 67.6 Å². The molecule has 2 N–H and O–H groups in total. The van der Waals surface area contributed by atoms with Crippen LogP contribution in [0.4, 0.5) is 11.4 Å². The fourth-order valence-electron chi connectivity index (χ4n) is 3.11. The Hall–Kier alpha value is -3.86. The van der Waals surface area contributed by atoms with Crippen molar-refractivity contribution in [3.05, 3.63) is 101 Å². The van der Waals surface area contributed by atoms with Gasteiger partial charge in [-0.25, -0.2) is 13.2 Å². The second-order valence-corrected chi connectivity index (χ2v) is 11.3. The highest BCUT2D eigenvalue weighted by atomic mass is 35.5. The summed E-state index contributed by atoms with van der Waals surface area (Å²) in [5.74, 6) is -0.0676. The number of hydrogen-bond acceptors (Lipinski definition) is 7. The van der Waals surface area contributed by atoms with E-state index < -0.39 is 28.0 Å². The molecule has 4 aromatic rings. The number of esters is 1. The van der Waals surface area contributed by atoms with Crippen molar-refractivity contribution >= 4 is 56.2 Å². The van der Waals surface area contributed by atoms with Crippen LogP contribution in [0.5, 0.6) is 11.5 Å². The summed E-state index contributed by atoms with van der Waals surface area (Å²) in [7, 11) is -3.80. The minimum Gasteiger partial charge on any atom is -0.457 e. The number of sulfonamides is 1. The van der Waals surface area contributed by atoms with Gasteiger partial charge in [0.15, 0.2) is 6.10 Å². The quantitative estimate of drug-likeness (QED) is 0.238. The summed E-state index contributed by atoms with van der Waals surface area (Å²) >= 11 is 6.74. The molecular weight excluding hydrogens is 536 g/mol. The van der Waals surface area contributed by atoms with Crippen molar-refractivity contribution in [3.8, 4) is 11.5 Å². The van der Waals surface area contributed by atoms with Gasteiger partial charge in [-0.3, -0.25) is 9.52 Å². The van der Waals surface area contributed by atoms with Crippen LogP contribution < -0.4 is 14.8 Å². The van der Waals surface area contributed by atoms with Crippen molar-refractivity contribution in [2.24, 2.45) is 0 Å². The number of halogens is 1. The van der Waals surface area contributed by atoms with Gasteiger partial charge in [0.05, 0.1) is 9.90 Å². The maximum Gasteiger partial charge on any atom is 0.338 e. The van der Waals surface area contributed by atoms with Gasteiger partial charge in [-0.2, -0.15) is 0 Å². The van der Waals surface area contributed by atoms with E-state index in [0.29, 0.717) is 21.5 Å². The number of amides is 1. The number of anilines is 2. The van der Waals surface area contributed by atoms with Gasteiger partial charge in [0, 0.05) is 17.4 Å². The van der Waals surface area contributed by atoms with E-state index in [0.717, 1.165) is 11.3 Å². The molecule has 37 heavy (non-hydrogen) atoms. The molecule has 0 aliphatic rings. The van der Waals surface area contributed by atoms with Crippen molar-refractivity contribution in [1.29, 1.82) is 0 Å². The molecule has 3 aromatic carbocycles. The smallest absolute Gasteiger partial charge is 0.338 e. The Morgan fingerprint density at radius 1 is 0.865 bits per heavy atom. The Kier molecular flexibility index (Phi) is 8.12. The largest absolute Gasteiger partial charge is 0.457 e. The standard InChI is InChI=1S/C26H21ClN2O6S2/c1-17(25(30)28-20-6-5-9-22(16-20)35-21-7-3-2-4-8-21)34-26(31)18-10-12-19(13-11-18)29-37(32,33)24-15-14-23(27)36-24/h2-17,29H,1H3,(H,28,30)/t17-/m0/s1. The highest BCUT2D eigenvalue weighted by molar-refractivity contribution is 7.94. The molecule has 0 fully saturated rings. The molecule has 1 heterocycles. The number of carbonyl (C=O) groups is 2. The van der Waals surface area contributed by atoms with E-state index >= 15 is 0 Å². The predicted molar refractivity (Wildman–Crippen MR) is 143 cm³/mol. The van der Waals surface area contributed by atoms with E-state index in [9.17, 15) is 18.0 Å². The first-order valence-corrected chi connectivity index (χ1v) is 13.6. The zero-order valence-corrected chi connectivity index (χ0v) is 21.8. The van der Waals surface area contributed by atoms with Gasteiger partial charge in [-0.1, -0.05) is 35.9 Å². The van der Waals surface area contributed by atoms with E-state index in [4.69, 9.17) is 21.1 Å². The topological polar surface area (TPSA) is 111 Å². The SMILES string of the molecule is C[C@H](OC(=O)c1ccc(NS(=O)(=O)c2ccc(Cl)s2)cc1)C(=O)Nc1cccc(Oc2ccccc2)c1. The van der Waals surface area contributed by atoms with Crippen LogP contribution >= 0.6 is 22.9 Å². The molecule has 4 rings (SSSR count). The van der Waals surface area contributed by atoms with Crippen molar-refractivity contribution in [1.82, 2.24) is 0 Å². The van der Waals surface area contributed by atoms with E-state index in [-0.39, 0.29) is 15.5 Å². The van der Waals surface area contributed by atoms with Crippen LogP contribution in [-0.2, 0) is 19.6 Å². The molecule has 0 radical (unpaired) electrons. The summed E-state index contributed by atoms with van der Waals surface area (Å²) < 4.78 is 38.7. The monoisotopic (exact) mass is 556 g/mol. The van der Waals surface area contributed by atoms with Crippen LogP contribution in [0.15, 0.2) is 95.2 Å². The summed E-state index contributed by atoms with van der Waals surface area (Å²) in [6, 6.07) is 24.6. The number of thiophene rings is 1. The minimum atomic E-state index is -3.80. The van der Waals surface area contributed by atoms with Crippen LogP contribution in [-0.4, -0.2) is 26.4 Å². The third-order valence-electron chi connectivity index (χ3n) is 4.92. The lowest BCUT2D eigenvalue weighted by Crippen LogP contribution is -2.30. The van der Waals surface area contributed by atoms with Gasteiger partial charge in [0.2, 0.25) is 0 Å². The number of rotatable bonds is 9. The lowest BCUT2D eigenvalue weighted by Gasteiger charge is -2.14. The maximum atomic E-state index is 12.6. The van der Waals surface area contributed by atoms with Crippen LogP contribution in [0.2, 0.25) is 4.34 Å². The first kappa shape index (κ1) is 26.2. The van der Waals surface area contributed by atoms with Crippen molar-refractivity contribution in [3.63, 3.8) is 0 Å². The fourth-order valence-corrected chi connectivity index (χ4v) is 5.65. The Bertz CT molecular complexity index is 1510. The first-order valence-electron chi connectivity index (χ1n) is 10.9. The molecular formula is C26H21ClN2O6S2. The lowest BCUT2D eigenvalue weighted by molar-refractivity contribution is -0.123. The molecule has 1 atom stereocenters. The predicted octanol–water partition coefficient (Wildman–Crippen LogP) is 6.18. The number of nitrogens with one attached hydrogen (secondary N) is 2. The minimum absolute atomic E-state index is 0.0676. The highest BCUT2D eigenvalue weighted by Crippen LogP contribution is 2.27. The molecule has 8 nitrogen and oxygen atoms in total. The molecule has 0 saturated carbocycles. The first-order chi connectivity index (χ1) is 17.7. The van der Waals surface area contributed by atoms with E-state index in [1.807, 2.05) is 30.3 Å². The van der Waals surface area contributed by atoms with E-state index in [1.165, 1.54) is 43.3 Å². The summed E-state index contributed by atoms with van der Waals surface area (Å²) in [6.07, 6.45) is -1.09. The van der Waals surface area contributed by atoms with Crippen LogP contribution in [0.25, 0.3) is 0 Å². The average molecular weight is 557 g/mol. The molecule has 0 spiro atoms. The lowest BCUT2D eigenvalue weighted by atomic mass is 10.2.